The number of hydrogen-bond acceptors (Lipinski definition) is 5. The SMILES string of the molecule is COc1cc(OC)cc(C(=O)N2CCC3(CC2)Nc2cc(N4C=CC=CC4)ccc2-n2cccc23)c1. The van der Waals surface area contributed by atoms with Crippen LogP contribution in [0.15, 0.2) is 79.2 Å². The van der Waals surface area contributed by atoms with Crippen molar-refractivity contribution in [2.75, 3.05) is 44.1 Å². The van der Waals surface area contributed by atoms with Gasteiger partial charge in [-0.05, 0) is 61.4 Å². The van der Waals surface area contributed by atoms with Crippen molar-refractivity contribution in [1.82, 2.24) is 9.47 Å². The number of rotatable bonds is 4. The molecule has 0 atom stereocenters. The number of methoxy groups -OCH3 is 2. The average molecular weight is 483 g/mol. The summed E-state index contributed by atoms with van der Waals surface area (Å²) in [6.07, 6.45) is 12.2. The Bertz CT molecular complexity index is 1340. The maximum atomic E-state index is 13.4. The molecule has 4 heterocycles. The normalized spacial score (nSPS) is 17.4. The van der Waals surface area contributed by atoms with Gasteiger partial charge in [-0.15, -0.1) is 0 Å². The zero-order chi connectivity index (χ0) is 24.7. The van der Waals surface area contributed by atoms with E-state index in [1.807, 2.05) is 4.90 Å². The van der Waals surface area contributed by atoms with Crippen LogP contribution < -0.4 is 19.7 Å². The van der Waals surface area contributed by atoms with Crippen LogP contribution in [-0.4, -0.2) is 49.2 Å². The number of allylic oxidation sites excluding steroid dienone is 2. The number of carbonyl (C=O) groups excluding carboxylic acids is 1. The van der Waals surface area contributed by atoms with Gasteiger partial charge in [0.25, 0.3) is 5.91 Å². The number of amides is 1. The Labute approximate surface area is 211 Å². The Morgan fingerprint density at radius 2 is 1.75 bits per heavy atom. The fourth-order valence-electron chi connectivity index (χ4n) is 5.56. The van der Waals surface area contributed by atoms with Crippen molar-refractivity contribution < 1.29 is 14.3 Å². The molecule has 3 aliphatic heterocycles. The molecule has 3 aromatic rings. The molecule has 1 saturated heterocycles. The van der Waals surface area contributed by atoms with Crippen LogP contribution in [0.1, 0.15) is 28.9 Å². The van der Waals surface area contributed by atoms with E-state index in [1.165, 1.54) is 5.69 Å². The third-order valence-corrected chi connectivity index (χ3v) is 7.50. The van der Waals surface area contributed by atoms with E-state index in [0.717, 1.165) is 36.4 Å². The second-order valence-corrected chi connectivity index (χ2v) is 9.49. The number of carbonyl (C=O) groups is 1. The van der Waals surface area contributed by atoms with E-state index in [9.17, 15) is 4.79 Å². The second-order valence-electron chi connectivity index (χ2n) is 9.49. The highest BCUT2D eigenvalue weighted by Gasteiger charge is 2.42. The van der Waals surface area contributed by atoms with Crippen LogP contribution in [0, 0.1) is 0 Å². The maximum absolute atomic E-state index is 13.4. The highest BCUT2D eigenvalue weighted by molar-refractivity contribution is 5.95. The summed E-state index contributed by atoms with van der Waals surface area (Å²) in [7, 11) is 3.19. The minimum atomic E-state index is -0.227. The molecule has 184 valence electrons. The van der Waals surface area contributed by atoms with Crippen LogP contribution >= 0.6 is 0 Å². The summed E-state index contributed by atoms with van der Waals surface area (Å²) in [5, 5.41) is 3.90. The molecule has 0 aliphatic carbocycles. The molecule has 7 nitrogen and oxygen atoms in total. The lowest BCUT2D eigenvalue weighted by molar-refractivity contribution is 0.0675. The summed E-state index contributed by atoms with van der Waals surface area (Å²) in [5.41, 5.74) is 5.04. The minimum absolute atomic E-state index is 0.000805. The number of ether oxygens (including phenoxy) is 2. The fourth-order valence-corrected chi connectivity index (χ4v) is 5.56. The predicted molar refractivity (Wildman–Crippen MR) is 141 cm³/mol. The summed E-state index contributed by atoms with van der Waals surface area (Å²) in [5.74, 6) is 1.23. The highest BCUT2D eigenvalue weighted by atomic mass is 16.5. The molecule has 3 aliphatic rings. The molecule has 7 heteroatoms. The lowest BCUT2D eigenvalue weighted by atomic mass is 9.82. The molecule has 6 rings (SSSR count). The van der Waals surface area contributed by atoms with E-state index in [2.05, 4.69) is 75.7 Å². The molecular weight excluding hydrogens is 452 g/mol. The second kappa shape index (κ2) is 8.82. The zero-order valence-electron chi connectivity index (χ0n) is 20.6. The van der Waals surface area contributed by atoms with Gasteiger partial charge >= 0.3 is 0 Å². The Hall–Kier alpha value is -4.13. The van der Waals surface area contributed by atoms with Gasteiger partial charge < -0.3 is 29.2 Å². The Morgan fingerprint density at radius 3 is 2.44 bits per heavy atom. The summed E-state index contributed by atoms with van der Waals surface area (Å²) in [6, 6.07) is 16.3. The van der Waals surface area contributed by atoms with E-state index >= 15 is 0 Å². The van der Waals surface area contributed by atoms with Gasteiger partial charge in [-0.3, -0.25) is 4.79 Å². The van der Waals surface area contributed by atoms with Gasteiger partial charge in [0.2, 0.25) is 0 Å². The van der Waals surface area contributed by atoms with E-state index in [4.69, 9.17) is 9.47 Å². The quantitative estimate of drug-likeness (QED) is 0.571. The topological polar surface area (TPSA) is 59.0 Å². The summed E-state index contributed by atoms with van der Waals surface area (Å²) in [6.45, 7) is 2.18. The number of nitrogens with zero attached hydrogens (tertiary/aromatic N) is 3. The van der Waals surface area contributed by atoms with E-state index in [-0.39, 0.29) is 11.4 Å². The van der Waals surface area contributed by atoms with Crippen LogP contribution in [0.2, 0.25) is 0 Å². The number of hydrogen-bond donors (Lipinski definition) is 1. The van der Waals surface area contributed by atoms with Gasteiger partial charge in [0, 0.05) is 55.0 Å². The van der Waals surface area contributed by atoms with Crippen molar-refractivity contribution in [2.24, 2.45) is 0 Å². The predicted octanol–water partition coefficient (Wildman–Crippen LogP) is 4.94. The van der Waals surface area contributed by atoms with Crippen LogP contribution in [-0.2, 0) is 5.54 Å². The number of aromatic nitrogens is 1. The number of nitrogens with one attached hydrogen (secondary N) is 1. The molecule has 1 amide bonds. The molecule has 2 aromatic carbocycles. The van der Waals surface area contributed by atoms with Gasteiger partial charge in [0.05, 0.1) is 31.1 Å². The molecule has 1 spiro atoms. The maximum Gasteiger partial charge on any atom is 0.254 e. The molecule has 1 aromatic heterocycles. The molecule has 1 N–H and O–H groups in total. The van der Waals surface area contributed by atoms with Crippen molar-refractivity contribution in [2.45, 2.75) is 18.4 Å². The Morgan fingerprint density at radius 1 is 0.972 bits per heavy atom. The third-order valence-electron chi connectivity index (χ3n) is 7.50. The number of likely N-dealkylation sites (tertiary alicyclic amines) is 1. The molecule has 1 fully saturated rings. The van der Waals surface area contributed by atoms with Gasteiger partial charge in [0.1, 0.15) is 11.5 Å². The first kappa shape index (κ1) is 22.3. The molecule has 36 heavy (non-hydrogen) atoms. The lowest BCUT2D eigenvalue weighted by Crippen LogP contribution is -2.51. The van der Waals surface area contributed by atoms with Crippen molar-refractivity contribution >= 4 is 17.3 Å². The summed E-state index contributed by atoms with van der Waals surface area (Å²) in [4.78, 5) is 17.6. The average Bonchev–Trinajstić information content (AvgIpc) is 3.44. The van der Waals surface area contributed by atoms with Crippen molar-refractivity contribution in [3.05, 3.63) is 90.4 Å². The van der Waals surface area contributed by atoms with Crippen molar-refractivity contribution in [3.63, 3.8) is 0 Å². The molecule has 0 radical (unpaired) electrons. The Balaban J connectivity index is 1.26. The fraction of sp³-hybridized carbons (Fsp3) is 0.276. The van der Waals surface area contributed by atoms with Crippen LogP contribution in [0.3, 0.4) is 0 Å². The Kier molecular flexibility index (Phi) is 5.48. The number of fused-ring (bicyclic) bond motifs is 4. The monoisotopic (exact) mass is 482 g/mol. The number of benzene rings is 2. The smallest absolute Gasteiger partial charge is 0.254 e. The van der Waals surface area contributed by atoms with Gasteiger partial charge in [0.15, 0.2) is 0 Å². The third kappa shape index (κ3) is 3.71. The van der Waals surface area contributed by atoms with Gasteiger partial charge in [-0.2, -0.15) is 0 Å². The molecule has 0 bridgehead atoms. The summed E-state index contributed by atoms with van der Waals surface area (Å²) >= 11 is 0. The van der Waals surface area contributed by atoms with Crippen LogP contribution in [0.4, 0.5) is 11.4 Å². The van der Waals surface area contributed by atoms with E-state index in [1.54, 1.807) is 32.4 Å². The largest absolute Gasteiger partial charge is 0.497 e. The van der Waals surface area contributed by atoms with Crippen molar-refractivity contribution in [3.8, 4) is 17.2 Å². The van der Waals surface area contributed by atoms with Gasteiger partial charge in [-0.25, -0.2) is 0 Å². The molecule has 0 unspecified atom stereocenters. The number of anilines is 2. The molecular formula is C29H30N4O3. The van der Waals surface area contributed by atoms with Gasteiger partial charge in [-0.1, -0.05) is 12.2 Å². The van der Waals surface area contributed by atoms with Crippen molar-refractivity contribution in [1.29, 1.82) is 0 Å². The number of piperidine rings is 1. The molecule has 0 saturated carbocycles. The van der Waals surface area contributed by atoms with E-state index < -0.39 is 0 Å². The van der Waals surface area contributed by atoms with Crippen LogP contribution in [0.5, 0.6) is 11.5 Å². The zero-order valence-corrected chi connectivity index (χ0v) is 20.6. The first-order chi connectivity index (χ1) is 17.6. The van der Waals surface area contributed by atoms with E-state index in [0.29, 0.717) is 30.2 Å². The minimum Gasteiger partial charge on any atom is -0.497 e. The first-order valence-electron chi connectivity index (χ1n) is 12.3. The first-order valence-corrected chi connectivity index (χ1v) is 12.3. The van der Waals surface area contributed by atoms with Crippen LogP contribution in [0.25, 0.3) is 5.69 Å². The lowest BCUT2D eigenvalue weighted by Gasteiger charge is -2.46. The highest BCUT2D eigenvalue weighted by Crippen LogP contribution is 2.44. The summed E-state index contributed by atoms with van der Waals surface area (Å²) < 4.78 is 13.0. The standard InChI is InChI=1S/C29H30N4O3/c1-35-23-17-21(18-24(20-23)36-2)28(34)32-15-10-29(11-16-32)27-7-6-14-33(27)26-9-8-22(19-25(26)30-29)31-12-4-3-5-13-31/h3-9,12,14,17-20,30H,10-11,13,15-16H2,1-2H3.